The smallest absolute Gasteiger partial charge is 0.253 e. The Labute approximate surface area is 118 Å². The maximum absolute atomic E-state index is 12.2. The fraction of sp³-hybridized carbons (Fsp3) is 0.688. The van der Waals surface area contributed by atoms with E-state index in [1.54, 1.807) is 7.05 Å². The van der Waals surface area contributed by atoms with Crippen LogP contribution >= 0.6 is 0 Å². The topological polar surface area (TPSA) is 29.5 Å². The van der Waals surface area contributed by atoms with E-state index in [0.29, 0.717) is 5.92 Å². The third-order valence-electron chi connectivity index (χ3n) is 3.30. The van der Waals surface area contributed by atoms with Crippen molar-refractivity contribution in [2.24, 2.45) is 11.8 Å². The fourth-order valence-corrected chi connectivity index (χ4v) is 1.93. The molecule has 0 fully saturated rings. The first-order valence-electron chi connectivity index (χ1n) is 7.03. The van der Waals surface area contributed by atoms with Crippen molar-refractivity contribution in [3.63, 3.8) is 0 Å². The van der Waals surface area contributed by atoms with E-state index in [4.69, 9.17) is 4.84 Å². The molecule has 1 amide bonds. The zero-order valence-corrected chi connectivity index (χ0v) is 13.1. The van der Waals surface area contributed by atoms with Crippen molar-refractivity contribution in [3.8, 4) is 0 Å². The molecule has 0 spiro atoms. The van der Waals surface area contributed by atoms with E-state index in [1.165, 1.54) is 12.2 Å². The highest BCUT2D eigenvalue weighted by Crippen LogP contribution is 2.21. The van der Waals surface area contributed by atoms with Crippen LogP contribution in [-0.4, -0.2) is 25.1 Å². The van der Waals surface area contributed by atoms with Gasteiger partial charge in [0, 0.05) is 7.05 Å². The molecule has 0 bridgehead atoms. The molecule has 0 N–H and O–H groups in total. The number of amides is 1. The SMILES string of the molecule is C=CCCC(C(=O)N(C)OC)/C(C)=C/CCC(C)C. The van der Waals surface area contributed by atoms with Gasteiger partial charge in [-0.05, 0) is 38.5 Å². The minimum Gasteiger partial charge on any atom is -0.275 e. The average Bonchev–Trinajstić information content (AvgIpc) is 2.37. The summed E-state index contributed by atoms with van der Waals surface area (Å²) >= 11 is 0. The van der Waals surface area contributed by atoms with Crippen molar-refractivity contribution in [1.82, 2.24) is 5.06 Å². The molecule has 0 aliphatic rings. The van der Waals surface area contributed by atoms with Crippen LogP contribution in [-0.2, 0) is 9.63 Å². The minimum absolute atomic E-state index is 0.0163. The molecular weight excluding hydrogens is 238 g/mol. The second-order valence-corrected chi connectivity index (χ2v) is 5.36. The summed E-state index contributed by atoms with van der Waals surface area (Å²) in [5.74, 6) is 0.603. The number of allylic oxidation sites excluding steroid dienone is 2. The van der Waals surface area contributed by atoms with Crippen molar-refractivity contribution in [1.29, 1.82) is 0 Å². The molecule has 0 radical (unpaired) electrons. The normalized spacial score (nSPS) is 13.5. The lowest BCUT2D eigenvalue weighted by Crippen LogP contribution is -2.32. The molecule has 19 heavy (non-hydrogen) atoms. The number of carbonyl (C=O) groups excluding carboxylic acids is 1. The molecule has 1 atom stereocenters. The number of nitrogens with zero attached hydrogens (tertiary/aromatic N) is 1. The van der Waals surface area contributed by atoms with Gasteiger partial charge in [0.05, 0.1) is 13.0 Å². The van der Waals surface area contributed by atoms with Crippen LogP contribution in [0.1, 0.15) is 46.5 Å². The number of hydroxylamine groups is 2. The zero-order chi connectivity index (χ0) is 14.8. The van der Waals surface area contributed by atoms with Crippen molar-refractivity contribution in [2.45, 2.75) is 46.5 Å². The maximum Gasteiger partial charge on any atom is 0.253 e. The summed E-state index contributed by atoms with van der Waals surface area (Å²) in [4.78, 5) is 17.2. The quantitative estimate of drug-likeness (QED) is 0.467. The fourth-order valence-electron chi connectivity index (χ4n) is 1.93. The van der Waals surface area contributed by atoms with Gasteiger partial charge in [-0.3, -0.25) is 9.63 Å². The van der Waals surface area contributed by atoms with Crippen LogP contribution < -0.4 is 0 Å². The lowest BCUT2D eigenvalue weighted by atomic mass is 9.92. The molecule has 3 heteroatoms. The first-order chi connectivity index (χ1) is 8.93. The molecule has 0 rings (SSSR count). The number of hydrogen-bond donors (Lipinski definition) is 0. The summed E-state index contributed by atoms with van der Waals surface area (Å²) in [5, 5.41) is 1.31. The van der Waals surface area contributed by atoms with Crippen LogP contribution in [0.2, 0.25) is 0 Å². The Morgan fingerprint density at radius 3 is 2.42 bits per heavy atom. The van der Waals surface area contributed by atoms with Gasteiger partial charge in [-0.15, -0.1) is 6.58 Å². The van der Waals surface area contributed by atoms with Crippen LogP contribution in [0.15, 0.2) is 24.3 Å². The predicted molar refractivity (Wildman–Crippen MR) is 80.5 cm³/mol. The van der Waals surface area contributed by atoms with Crippen molar-refractivity contribution >= 4 is 5.91 Å². The van der Waals surface area contributed by atoms with Gasteiger partial charge >= 0.3 is 0 Å². The van der Waals surface area contributed by atoms with Crippen molar-refractivity contribution < 1.29 is 9.63 Å². The molecule has 110 valence electrons. The highest BCUT2D eigenvalue weighted by Gasteiger charge is 2.23. The average molecular weight is 267 g/mol. The Bertz CT molecular complexity index is 308. The number of hydrogen-bond acceptors (Lipinski definition) is 2. The molecule has 0 saturated heterocycles. The van der Waals surface area contributed by atoms with Crippen LogP contribution in [0.5, 0.6) is 0 Å². The van der Waals surface area contributed by atoms with Gasteiger partial charge in [-0.2, -0.15) is 0 Å². The first kappa shape index (κ1) is 17.9. The van der Waals surface area contributed by atoms with Gasteiger partial charge in [0.25, 0.3) is 5.91 Å². The third-order valence-corrected chi connectivity index (χ3v) is 3.30. The molecular formula is C16H29NO2. The standard InChI is InChI=1S/C16H29NO2/c1-7-8-12-15(16(18)17(5)19-6)14(4)11-9-10-13(2)3/h7,11,13,15H,1,8-10,12H2,2-6H3/b14-11+. The highest BCUT2D eigenvalue weighted by molar-refractivity contribution is 5.80. The van der Waals surface area contributed by atoms with Crippen LogP contribution in [0.3, 0.4) is 0 Å². The zero-order valence-electron chi connectivity index (χ0n) is 13.1. The molecule has 0 aromatic rings. The highest BCUT2D eigenvalue weighted by atomic mass is 16.7. The maximum atomic E-state index is 12.2. The summed E-state index contributed by atoms with van der Waals surface area (Å²) in [7, 11) is 3.17. The van der Waals surface area contributed by atoms with Gasteiger partial charge in [-0.25, -0.2) is 5.06 Å². The second kappa shape index (κ2) is 9.79. The molecule has 0 aliphatic heterocycles. The summed E-state index contributed by atoms with van der Waals surface area (Å²) < 4.78 is 0. The van der Waals surface area contributed by atoms with E-state index < -0.39 is 0 Å². The summed E-state index contributed by atoms with van der Waals surface area (Å²) in [6, 6.07) is 0. The van der Waals surface area contributed by atoms with E-state index in [2.05, 4.69) is 26.5 Å². The summed E-state index contributed by atoms with van der Waals surface area (Å²) in [5.41, 5.74) is 1.14. The van der Waals surface area contributed by atoms with Gasteiger partial charge in [0.2, 0.25) is 0 Å². The van der Waals surface area contributed by atoms with Crippen molar-refractivity contribution in [2.75, 3.05) is 14.2 Å². The van der Waals surface area contributed by atoms with Gasteiger partial charge in [-0.1, -0.05) is 31.6 Å². The van der Waals surface area contributed by atoms with Gasteiger partial charge in [0.1, 0.15) is 0 Å². The van der Waals surface area contributed by atoms with E-state index in [9.17, 15) is 4.79 Å². The molecule has 0 heterocycles. The lowest BCUT2D eigenvalue weighted by molar-refractivity contribution is -0.172. The predicted octanol–water partition coefficient (Wildman–Crippen LogP) is 3.97. The lowest BCUT2D eigenvalue weighted by Gasteiger charge is -2.22. The van der Waals surface area contributed by atoms with Crippen LogP contribution in [0.25, 0.3) is 0 Å². The monoisotopic (exact) mass is 267 g/mol. The summed E-state index contributed by atoms with van der Waals surface area (Å²) in [6.45, 7) is 10.2. The Morgan fingerprint density at radius 1 is 1.32 bits per heavy atom. The number of rotatable bonds is 9. The largest absolute Gasteiger partial charge is 0.275 e. The molecule has 0 aliphatic carbocycles. The van der Waals surface area contributed by atoms with Crippen LogP contribution in [0.4, 0.5) is 0 Å². The number of carbonyl (C=O) groups is 1. The van der Waals surface area contributed by atoms with Gasteiger partial charge in [0.15, 0.2) is 0 Å². The first-order valence-corrected chi connectivity index (χ1v) is 7.03. The Balaban J connectivity index is 4.71. The van der Waals surface area contributed by atoms with Crippen LogP contribution in [0, 0.1) is 11.8 Å². The Hall–Kier alpha value is -1.09. The third kappa shape index (κ3) is 7.16. The molecule has 3 nitrogen and oxygen atoms in total. The van der Waals surface area contributed by atoms with E-state index >= 15 is 0 Å². The molecule has 1 unspecified atom stereocenters. The molecule has 0 saturated carbocycles. The molecule has 0 aromatic carbocycles. The van der Waals surface area contributed by atoms with Gasteiger partial charge < -0.3 is 0 Å². The van der Waals surface area contributed by atoms with E-state index in [0.717, 1.165) is 31.3 Å². The second-order valence-electron chi connectivity index (χ2n) is 5.36. The summed E-state index contributed by atoms with van der Waals surface area (Å²) in [6.07, 6.45) is 7.85. The van der Waals surface area contributed by atoms with E-state index in [-0.39, 0.29) is 11.8 Å². The molecule has 0 aromatic heterocycles. The Kier molecular flexibility index (Phi) is 9.23. The van der Waals surface area contributed by atoms with E-state index in [1.807, 2.05) is 13.0 Å². The van der Waals surface area contributed by atoms with Crippen molar-refractivity contribution in [3.05, 3.63) is 24.3 Å². The Morgan fingerprint density at radius 2 is 1.95 bits per heavy atom. The minimum atomic E-state index is -0.102.